The van der Waals surface area contributed by atoms with Gasteiger partial charge in [-0.15, -0.1) is 0 Å². The van der Waals surface area contributed by atoms with Crippen molar-refractivity contribution in [2.24, 2.45) is 20.0 Å². The third-order valence-corrected chi connectivity index (χ3v) is 11.0. The van der Waals surface area contributed by atoms with E-state index < -0.39 is 0 Å². The maximum Gasteiger partial charge on any atom is 0.221 e. The fraction of sp³-hybridized carbons (Fsp3) is 0.135. The molecule has 4 aromatic carbocycles. The van der Waals surface area contributed by atoms with Crippen molar-refractivity contribution in [1.29, 1.82) is 0 Å². The van der Waals surface area contributed by atoms with Gasteiger partial charge in [-0.1, -0.05) is 12.1 Å². The molecule has 12 nitrogen and oxygen atoms in total. The van der Waals surface area contributed by atoms with Crippen LogP contribution in [-0.4, -0.2) is 71.4 Å². The van der Waals surface area contributed by atoms with Crippen LogP contribution < -0.4 is 33.7 Å². The second-order valence-electron chi connectivity index (χ2n) is 14.9. The van der Waals surface area contributed by atoms with Crippen molar-refractivity contribution in [1.82, 2.24) is 0 Å². The van der Waals surface area contributed by atoms with Crippen LogP contribution in [0.3, 0.4) is 0 Å². The summed E-state index contributed by atoms with van der Waals surface area (Å²) in [5, 5.41) is 2.87. The fourth-order valence-electron chi connectivity index (χ4n) is 8.05. The minimum atomic E-state index is -0.161. The molecule has 5 aliphatic rings. The Kier molecular flexibility index (Phi) is 11.1. The zero-order valence-electron chi connectivity index (χ0n) is 36.3. The first-order chi connectivity index (χ1) is 31.2. The lowest BCUT2D eigenvalue weighted by Crippen LogP contribution is -2.06. The summed E-state index contributed by atoms with van der Waals surface area (Å²) in [5.41, 5.74) is 12.2. The number of aliphatic imine (C=N–C) groups is 4. The first-order valence-corrected chi connectivity index (χ1v) is 20.3. The number of benzene rings is 4. The van der Waals surface area contributed by atoms with Gasteiger partial charge < -0.3 is 33.7 Å². The van der Waals surface area contributed by atoms with E-state index in [-0.39, 0.29) is 5.91 Å². The van der Waals surface area contributed by atoms with Gasteiger partial charge in [0, 0.05) is 53.1 Å². The van der Waals surface area contributed by atoms with Crippen molar-refractivity contribution in [2.75, 3.05) is 48.0 Å². The molecule has 0 saturated carbocycles. The van der Waals surface area contributed by atoms with Crippen LogP contribution in [0.1, 0.15) is 29.2 Å². The van der Waals surface area contributed by atoms with E-state index in [1.54, 1.807) is 42.7 Å². The van der Waals surface area contributed by atoms with Gasteiger partial charge in [-0.05, 0) is 119 Å². The van der Waals surface area contributed by atoms with E-state index in [9.17, 15) is 4.79 Å². The molecule has 0 spiro atoms. The molecule has 64 heavy (non-hydrogen) atoms. The molecule has 5 aliphatic heterocycles. The smallest absolute Gasteiger partial charge is 0.221 e. The lowest BCUT2D eigenvalue weighted by atomic mass is 9.98. The number of carbonyl (C=O) groups excluding carboxylic acids is 1. The highest BCUT2D eigenvalue weighted by Gasteiger charge is 2.29. The third kappa shape index (κ3) is 7.88. The van der Waals surface area contributed by atoms with Gasteiger partial charge in [-0.3, -0.25) is 4.79 Å². The van der Waals surface area contributed by atoms with Crippen molar-refractivity contribution in [3.8, 4) is 34.5 Å². The molecule has 12 heteroatoms. The fourth-order valence-corrected chi connectivity index (χ4v) is 8.05. The Balaban J connectivity index is 1.38. The Labute approximate surface area is 370 Å². The second kappa shape index (κ2) is 17.3. The van der Waals surface area contributed by atoms with E-state index in [0.29, 0.717) is 85.8 Å². The molecule has 0 aromatic heterocycles. The molecule has 5 heterocycles. The highest BCUT2D eigenvalue weighted by atomic mass is 16.5. The van der Waals surface area contributed by atoms with Crippen LogP contribution in [0.4, 0.5) is 5.69 Å². The van der Waals surface area contributed by atoms with E-state index >= 15 is 0 Å². The third-order valence-electron chi connectivity index (χ3n) is 11.0. The van der Waals surface area contributed by atoms with Crippen LogP contribution in [0.2, 0.25) is 0 Å². The van der Waals surface area contributed by atoms with Gasteiger partial charge in [0.25, 0.3) is 0 Å². The Morgan fingerprint density at radius 3 is 0.891 bits per heavy atom. The lowest BCUT2D eigenvalue weighted by molar-refractivity contribution is -0.114. The Bertz CT molecular complexity index is 2920. The Morgan fingerprint density at radius 1 is 0.375 bits per heavy atom. The van der Waals surface area contributed by atoms with E-state index in [2.05, 4.69) is 5.32 Å². The molecule has 4 aromatic rings. The van der Waals surface area contributed by atoms with Crippen molar-refractivity contribution in [3.05, 3.63) is 173 Å². The zero-order valence-corrected chi connectivity index (χ0v) is 36.3. The predicted molar refractivity (Wildman–Crippen MR) is 253 cm³/mol. The number of rotatable bonds is 11. The molecule has 9 rings (SSSR count). The number of allylic oxidation sites excluding steroid dienone is 12. The van der Waals surface area contributed by atoms with E-state index in [1.807, 2.05) is 127 Å². The summed E-state index contributed by atoms with van der Waals surface area (Å²) in [6, 6.07) is 24.8. The molecule has 0 radical (unpaired) electrons. The minimum Gasteiger partial charge on any atom is -0.497 e. The summed E-state index contributed by atoms with van der Waals surface area (Å²) in [6.07, 6.45) is 15.9. The van der Waals surface area contributed by atoms with E-state index in [4.69, 9.17) is 48.4 Å². The normalized spacial score (nSPS) is 16.0. The summed E-state index contributed by atoms with van der Waals surface area (Å²) in [7, 11) is 9.74. The standard InChI is InChI=1S/C52H43N5O7/c1-29(58)53-34-10-8-30(9-11-34)49-41-12-14-43(54-41)50(31-20-35(59-2)26-36(21-31)60-3)45-16-18-47(56-45)52(33-24-39(63-6)28-40(25-33)64-7)48-19-17-46(57-48)51(44-15-13-42(49)55-44)32-22-37(61-4)27-38(23-32)62-5/h8-28H,1-7H3,(H,53,58). The number of nitrogens with one attached hydrogen (secondary N) is 1. The van der Waals surface area contributed by atoms with Crippen molar-refractivity contribution in [2.45, 2.75) is 6.92 Å². The molecular formula is C52H43N5O7. The Hall–Kier alpha value is -8.25. The van der Waals surface area contributed by atoms with Crippen LogP contribution in [-0.2, 0) is 4.79 Å². The number of nitrogens with zero attached hydrogens (tertiary/aromatic N) is 4. The predicted octanol–water partition coefficient (Wildman–Crippen LogP) is 9.70. The first kappa shape index (κ1) is 41.1. The van der Waals surface area contributed by atoms with Gasteiger partial charge in [-0.25, -0.2) is 20.0 Å². The summed E-state index contributed by atoms with van der Waals surface area (Å²) in [6.45, 7) is 1.48. The quantitative estimate of drug-likeness (QED) is 0.159. The number of ether oxygens (including phenoxy) is 6. The maximum absolute atomic E-state index is 12.0. The number of amides is 1. The zero-order chi connectivity index (χ0) is 44.5. The second-order valence-corrected chi connectivity index (χ2v) is 14.9. The van der Waals surface area contributed by atoms with Crippen molar-refractivity contribution in [3.63, 3.8) is 0 Å². The number of fused-ring (bicyclic) bond motifs is 4. The largest absolute Gasteiger partial charge is 0.497 e. The molecule has 1 amide bonds. The number of anilines is 1. The van der Waals surface area contributed by atoms with Crippen LogP contribution in [0.15, 0.2) is 170 Å². The SMILES string of the molecule is COc1cc(OC)cc(C2=C3C=CC(=N3)C(c3cc(OC)cc(OC)c3)=C3C=CC(=N3)C(c3cc(OC)cc(OC)c3)=C3C=CC(=N3)C(c3ccc(NC(C)=O)cc3)=C3C=CC2=N3)c1. The van der Waals surface area contributed by atoms with E-state index in [0.717, 1.165) is 44.5 Å². The molecule has 1 N–H and O–H groups in total. The topological polar surface area (TPSA) is 134 Å². The van der Waals surface area contributed by atoms with Gasteiger partial charge in [-0.2, -0.15) is 0 Å². The first-order valence-electron chi connectivity index (χ1n) is 20.3. The number of carbonyl (C=O) groups is 1. The van der Waals surface area contributed by atoms with Crippen LogP contribution >= 0.6 is 0 Å². The minimum absolute atomic E-state index is 0.161. The molecule has 8 bridgehead atoms. The molecule has 318 valence electrons. The molecular weight excluding hydrogens is 807 g/mol. The number of methoxy groups -OCH3 is 6. The average Bonchev–Trinajstić information content (AvgIpc) is 4.17. The molecule has 0 saturated heterocycles. The van der Waals surface area contributed by atoms with Gasteiger partial charge in [0.05, 0.1) is 88.3 Å². The molecule has 0 atom stereocenters. The monoisotopic (exact) mass is 849 g/mol. The van der Waals surface area contributed by atoms with Gasteiger partial charge in [0.15, 0.2) is 0 Å². The number of hydrogen-bond donors (Lipinski definition) is 1. The lowest BCUT2D eigenvalue weighted by Gasteiger charge is -2.15. The summed E-state index contributed by atoms with van der Waals surface area (Å²) >= 11 is 0. The van der Waals surface area contributed by atoms with Crippen LogP contribution in [0.5, 0.6) is 34.5 Å². The highest BCUT2D eigenvalue weighted by molar-refractivity contribution is 6.39. The van der Waals surface area contributed by atoms with Gasteiger partial charge >= 0.3 is 0 Å². The van der Waals surface area contributed by atoms with Crippen LogP contribution in [0, 0.1) is 0 Å². The summed E-state index contributed by atoms with van der Waals surface area (Å²) < 4.78 is 34.5. The van der Waals surface area contributed by atoms with E-state index in [1.165, 1.54) is 6.92 Å². The number of hydrogen-bond acceptors (Lipinski definition) is 11. The summed E-state index contributed by atoms with van der Waals surface area (Å²) in [5.74, 6) is 3.49. The van der Waals surface area contributed by atoms with Crippen molar-refractivity contribution >= 4 is 56.7 Å². The van der Waals surface area contributed by atoms with Crippen molar-refractivity contribution < 1.29 is 33.2 Å². The highest BCUT2D eigenvalue weighted by Crippen LogP contribution is 2.41. The summed E-state index contributed by atoms with van der Waals surface area (Å²) in [4.78, 5) is 33.5. The van der Waals surface area contributed by atoms with Gasteiger partial charge in [0.1, 0.15) is 34.5 Å². The Morgan fingerprint density at radius 2 is 0.641 bits per heavy atom. The van der Waals surface area contributed by atoms with Gasteiger partial charge in [0.2, 0.25) is 5.91 Å². The average molecular weight is 850 g/mol. The molecule has 0 fully saturated rings. The molecule has 0 unspecified atom stereocenters. The maximum atomic E-state index is 12.0. The van der Waals surface area contributed by atoms with Crippen LogP contribution in [0.25, 0.3) is 22.3 Å². The molecule has 0 aliphatic carbocycles.